The summed E-state index contributed by atoms with van der Waals surface area (Å²) in [5.41, 5.74) is 2.19. The van der Waals surface area contributed by atoms with Crippen LogP contribution < -0.4 is 15.4 Å². The average Bonchev–Trinajstić information content (AvgIpc) is 2.54. The number of hydrogen-bond donors (Lipinski definition) is 2. The zero-order valence-electron chi connectivity index (χ0n) is 14.4. The minimum absolute atomic E-state index is 0.252. The fraction of sp³-hybridized carbons (Fsp3) is 0.263. The Kier molecular flexibility index (Phi) is 6.11. The number of carbonyl (C=O) groups is 2. The Morgan fingerprint density at radius 2 is 1.96 bits per heavy atom. The highest BCUT2D eigenvalue weighted by molar-refractivity contribution is 5.97. The number of rotatable bonds is 6. The lowest BCUT2D eigenvalue weighted by atomic mass is 10.1. The van der Waals surface area contributed by atoms with Crippen molar-refractivity contribution in [1.82, 2.24) is 5.32 Å². The number of benzene rings is 2. The molecule has 0 bridgehead atoms. The van der Waals surface area contributed by atoms with Crippen LogP contribution in [0.5, 0.6) is 5.75 Å². The Labute approximate surface area is 146 Å². The van der Waals surface area contributed by atoms with Gasteiger partial charge in [-0.3, -0.25) is 9.59 Å². The van der Waals surface area contributed by atoms with Gasteiger partial charge in [0.05, 0.1) is 0 Å². The normalized spacial score (nSPS) is 11.5. The molecule has 2 N–H and O–H groups in total. The largest absolute Gasteiger partial charge is 0.489 e. The van der Waals surface area contributed by atoms with E-state index in [2.05, 4.69) is 10.6 Å². The minimum Gasteiger partial charge on any atom is -0.489 e. The number of hydrogen-bond acceptors (Lipinski definition) is 3. The third-order valence-electron chi connectivity index (χ3n) is 3.56. The lowest BCUT2D eigenvalue weighted by Crippen LogP contribution is -2.40. The standard InChI is InChI=1S/C19H21FN2O3/c1-12-9-17(25-11-15-5-4-6-16(20)10-15)7-8-18(12)22-19(24)13(2)21-14(3)23/h4-10,13H,11H2,1-3H3,(H,21,23)(H,22,24)/t13-/m1/s1. The molecule has 2 aromatic rings. The van der Waals surface area contributed by atoms with Crippen molar-refractivity contribution in [1.29, 1.82) is 0 Å². The van der Waals surface area contributed by atoms with Gasteiger partial charge in [-0.1, -0.05) is 12.1 Å². The van der Waals surface area contributed by atoms with E-state index in [-0.39, 0.29) is 24.2 Å². The second-order valence-electron chi connectivity index (χ2n) is 5.81. The molecule has 5 nitrogen and oxygen atoms in total. The fourth-order valence-corrected chi connectivity index (χ4v) is 2.27. The third-order valence-corrected chi connectivity index (χ3v) is 3.56. The lowest BCUT2D eigenvalue weighted by Gasteiger charge is -2.15. The van der Waals surface area contributed by atoms with Crippen LogP contribution in [0.1, 0.15) is 25.0 Å². The number of halogens is 1. The van der Waals surface area contributed by atoms with E-state index in [0.717, 1.165) is 11.1 Å². The molecule has 0 saturated heterocycles. The molecule has 0 saturated carbocycles. The van der Waals surface area contributed by atoms with E-state index in [1.54, 1.807) is 37.3 Å². The van der Waals surface area contributed by atoms with Crippen molar-refractivity contribution >= 4 is 17.5 Å². The van der Waals surface area contributed by atoms with Crippen LogP contribution in [-0.4, -0.2) is 17.9 Å². The minimum atomic E-state index is -0.624. The molecule has 25 heavy (non-hydrogen) atoms. The van der Waals surface area contributed by atoms with E-state index in [9.17, 15) is 14.0 Å². The molecule has 2 rings (SSSR count). The highest BCUT2D eigenvalue weighted by Gasteiger charge is 2.14. The zero-order valence-corrected chi connectivity index (χ0v) is 14.4. The summed E-state index contributed by atoms with van der Waals surface area (Å²) in [5, 5.41) is 5.30. The quantitative estimate of drug-likeness (QED) is 0.846. The number of ether oxygens (including phenoxy) is 1. The van der Waals surface area contributed by atoms with Crippen LogP contribution in [0, 0.1) is 12.7 Å². The van der Waals surface area contributed by atoms with Crippen LogP contribution in [-0.2, 0) is 16.2 Å². The molecule has 1 atom stereocenters. The van der Waals surface area contributed by atoms with Crippen molar-refractivity contribution in [3.05, 3.63) is 59.4 Å². The van der Waals surface area contributed by atoms with E-state index in [4.69, 9.17) is 4.74 Å². The highest BCUT2D eigenvalue weighted by Crippen LogP contribution is 2.22. The number of anilines is 1. The summed E-state index contributed by atoms with van der Waals surface area (Å²) >= 11 is 0. The first kappa shape index (κ1) is 18.4. The van der Waals surface area contributed by atoms with Crippen molar-refractivity contribution in [2.45, 2.75) is 33.4 Å². The molecule has 132 valence electrons. The molecule has 0 unspecified atom stereocenters. The van der Waals surface area contributed by atoms with Crippen LogP contribution in [0.4, 0.5) is 10.1 Å². The van der Waals surface area contributed by atoms with Gasteiger partial charge in [0.1, 0.15) is 24.2 Å². The maximum Gasteiger partial charge on any atom is 0.246 e. The maximum absolute atomic E-state index is 13.2. The molecule has 0 fully saturated rings. The summed E-state index contributed by atoms with van der Waals surface area (Å²) in [7, 11) is 0. The Balaban J connectivity index is 1.98. The Morgan fingerprint density at radius 3 is 2.60 bits per heavy atom. The van der Waals surface area contributed by atoms with Gasteiger partial charge in [-0.05, 0) is 55.3 Å². The van der Waals surface area contributed by atoms with Gasteiger partial charge in [-0.25, -0.2) is 4.39 Å². The Bertz CT molecular complexity index is 777. The molecule has 0 aliphatic rings. The molecule has 6 heteroatoms. The number of amides is 2. The van der Waals surface area contributed by atoms with Crippen molar-refractivity contribution in [2.75, 3.05) is 5.32 Å². The van der Waals surface area contributed by atoms with Crippen LogP contribution in [0.3, 0.4) is 0 Å². The number of carbonyl (C=O) groups excluding carboxylic acids is 2. The number of nitrogens with one attached hydrogen (secondary N) is 2. The van der Waals surface area contributed by atoms with Crippen LogP contribution in [0.2, 0.25) is 0 Å². The van der Waals surface area contributed by atoms with Crippen LogP contribution in [0.25, 0.3) is 0 Å². The Hall–Kier alpha value is -2.89. The van der Waals surface area contributed by atoms with Crippen LogP contribution in [0.15, 0.2) is 42.5 Å². The monoisotopic (exact) mass is 344 g/mol. The summed E-state index contributed by atoms with van der Waals surface area (Å²) in [6.07, 6.45) is 0. The summed E-state index contributed by atoms with van der Waals surface area (Å²) in [5.74, 6) is -0.245. The van der Waals surface area contributed by atoms with E-state index >= 15 is 0 Å². The fourth-order valence-electron chi connectivity index (χ4n) is 2.27. The second-order valence-corrected chi connectivity index (χ2v) is 5.81. The molecule has 0 aromatic heterocycles. The smallest absolute Gasteiger partial charge is 0.246 e. The van der Waals surface area contributed by atoms with Crippen molar-refractivity contribution in [3.8, 4) is 5.75 Å². The summed E-state index contributed by atoms with van der Waals surface area (Å²) < 4.78 is 18.8. The molecular weight excluding hydrogens is 323 g/mol. The van der Waals surface area contributed by atoms with E-state index in [1.165, 1.54) is 19.1 Å². The van der Waals surface area contributed by atoms with Gasteiger partial charge in [-0.2, -0.15) is 0 Å². The topological polar surface area (TPSA) is 67.4 Å². The van der Waals surface area contributed by atoms with Crippen molar-refractivity contribution in [3.63, 3.8) is 0 Å². The molecule has 2 amide bonds. The molecule has 0 spiro atoms. The zero-order chi connectivity index (χ0) is 18.4. The average molecular weight is 344 g/mol. The highest BCUT2D eigenvalue weighted by atomic mass is 19.1. The van der Waals surface area contributed by atoms with Crippen molar-refractivity contribution < 1.29 is 18.7 Å². The van der Waals surface area contributed by atoms with E-state index in [0.29, 0.717) is 11.4 Å². The van der Waals surface area contributed by atoms with Crippen molar-refractivity contribution in [2.24, 2.45) is 0 Å². The maximum atomic E-state index is 13.2. The SMILES string of the molecule is CC(=O)N[C@H](C)C(=O)Nc1ccc(OCc2cccc(F)c2)cc1C. The van der Waals surface area contributed by atoms with Gasteiger partial charge in [-0.15, -0.1) is 0 Å². The molecule has 2 aromatic carbocycles. The van der Waals surface area contributed by atoms with E-state index in [1.807, 2.05) is 6.92 Å². The first-order valence-corrected chi connectivity index (χ1v) is 7.91. The summed E-state index contributed by atoms with van der Waals surface area (Å²) in [6, 6.07) is 10.8. The second kappa shape index (κ2) is 8.28. The van der Waals surface area contributed by atoms with Gasteiger partial charge in [0, 0.05) is 12.6 Å². The van der Waals surface area contributed by atoms with Gasteiger partial charge in [0.25, 0.3) is 0 Å². The predicted octanol–water partition coefficient (Wildman–Crippen LogP) is 3.18. The predicted molar refractivity (Wildman–Crippen MR) is 93.8 cm³/mol. The Morgan fingerprint density at radius 1 is 1.20 bits per heavy atom. The first-order valence-electron chi connectivity index (χ1n) is 7.91. The van der Waals surface area contributed by atoms with Gasteiger partial charge in [0.2, 0.25) is 11.8 Å². The molecular formula is C19H21FN2O3. The number of aryl methyl sites for hydroxylation is 1. The molecule has 0 radical (unpaired) electrons. The third kappa shape index (κ3) is 5.60. The van der Waals surface area contributed by atoms with Gasteiger partial charge < -0.3 is 15.4 Å². The van der Waals surface area contributed by atoms with Gasteiger partial charge >= 0.3 is 0 Å². The van der Waals surface area contributed by atoms with Crippen LogP contribution >= 0.6 is 0 Å². The van der Waals surface area contributed by atoms with E-state index < -0.39 is 6.04 Å². The first-order chi connectivity index (χ1) is 11.8. The lowest BCUT2D eigenvalue weighted by molar-refractivity contribution is -0.124. The molecule has 0 aliphatic carbocycles. The summed E-state index contributed by atoms with van der Waals surface area (Å²) in [4.78, 5) is 23.0. The molecule has 0 heterocycles. The van der Waals surface area contributed by atoms with Gasteiger partial charge in [0.15, 0.2) is 0 Å². The summed E-state index contributed by atoms with van der Waals surface area (Å²) in [6.45, 7) is 5.07. The molecule has 0 aliphatic heterocycles.